The Morgan fingerprint density at radius 1 is 1.16 bits per heavy atom. The number of hydrogen-bond acceptors (Lipinski definition) is 4. The summed E-state index contributed by atoms with van der Waals surface area (Å²) < 4.78 is 1.77. The van der Waals surface area contributed by atoms with Crippen molar-refractivity contribution in [1.29, 1.82) is 0 Å². The molecule has 0 spiro atoms. The largest absolute Gasteiger partial charge is 0.398 e. The summed E-state index contributed by atoms with van der Waals surface area (Å²) in [5.74, 6) is 0.967. The molecule has 1 saturated carbocycles. The van der Waals surface area contributed by atoms with E-state index in [-0.39, 0.29) is 23.7 Å². The predicted molar refractivity (Wildman–Crippen MR) is 124 cm³/mol. The minimum absolute atomic E-state index is 0.00349. The summed E-state index contributed by atoms with van der Waals surface area (Å²) in [6, 6.07) is 14.2. The zero-order valence-corrected chi connectivity index (χ0v) is 17.8. The van der Waals surface area contributed by atoms with Gasteiger partial charge in [-0.25, -0.2) is 4.98 Å². The summed E-state index contributed by atoms with van der Waals surface area (Å²) in [7, 11) is 1.89. The maximum Gasteiger partial charge on any atom is 0.229 e. The van der Waals surface area contributed by atoms with E-state index in [1.165, 1.54) is 5.56 Å². The van der Waals surface area contributed by atoms with Gasteiger partial charge in [-0.05, 0) is 58.7 Å². The third-order valence-corrected chi connectivity index (χ3v) is 6.37. The molecule has 2 aromatic carbocycles. The van der Waals surface area contributed by atoms with E-state index in [1.54, 1.807) is 10.9 Å². The van der Waals surface area contributed by atoms with Gasteiger partial charge in [0, 0.05) is 42.4 Å². The Labute approximate surface area is 181 Å². The fraction of sp³-hybridized carbons (Fsp3) is 0.240. The SMILES string of the molecule is Cc1ccccc1-c1cc(N)c2cnc(NC(=O)[C@H]3[C@@H](C)[C@@H]3c3cnn(C)c3)cc2c1. The van der Waals surface area contributed by atoms with Gasteiger partial charge in [0.1, 0.15) is 5.82 Å². The van der Waals surface area contributed by atoms with Gasteiger partial charge in [-0.3, -0.25) is 9.48 Å². The molecule has 1 fully saturated rings. The molecule has 6 heteroatoms. The van der Waals surface area contributed by atoms with Gasteiger partial charge in [-0.1, -0.05) is 31.2 Å². The molecule has 0 aliphatic heterocycles. The summed E-state index contributed by atoms with van der Waals surface area (Å²) in [4.78, 5) is 17.3. The van der Waals surface area contributed by atoms with Crippen LogP contribution in [0.15, 0.2) is 61.1 Å². The second kappa shape index (κ2) is 7.23. The molecular weight excluding hydrogens is 386 g/mol. The monoisotopic (exact) mass is 411 g/mol. The van der Waals surface area contributed by atoms with Gasteiger partial charge in [0.05, 0.1) is 6.20 Å². The molecule has 2 aromatic heterocycles. The molecule has 156 valence electrons. The van der Waals surface area contributed by atoms with Crippen LogP contribution >= 0.6 is 0 Å². The van der Waals surface area contributed by atoms with Crippen molar-refractivity contribution >= 4 is 28.2 Å². The molecule has 3 atom stereocenters. The van der Waals surface area contributed by atoms with Crippen molar-refractivity contribution in [3.63, 3.8) is 0 Å². The number of carbonyl (C=O) groups excluding carboxylic acids is 1. The average molecular weight is 412 g/mol. The Morgan fingerprint density at radius 2 is 1.97 bits per heavy atom. The van der Waals surface area contributed by atoms with Gasteiger partial charge in [0.2, 0.25) is 5.91 Å². The molecule has 3 N–H and O–H groups in total. The van der Waals surface area contributed by atoms with Crippen molar-refractivity contribution in [2.75, 3.05) is 11.1 Å². The van der Waals surface area contributed by atoms with Crippen LogP contribution in [0.2, 0.25) is 0 Å². The number of fused-ring (bicyclic) bond motifs is 1. The van der Waals surface area contributed by atoms with Crippen LogP contribution in [0.25, 0.3) is 21.9 Å². The third-order valence-electron chi connectivity index (χ3n) is 6.37. The van der Waals surface area contributed by atoms with E-state index >= 15 is 0 Å². The first-order valence-corrected chi connectivity index (χ1v) is 10.5. The van der Waals surface area contributed by atoms with Gasteiger partial charge in [0.25, 0.3) is 0 Å². The molecule has 5 rings (SSSR count). The fourth-order valence-corrected chi connectivity index (χ4v) is 4.60. The lowest BCUT2D eigenvalue weighted by Crippen LogP contribution is -2.16. The molecular formula is C25H25N5O. The summed E-state index contributed by atoms with van der Waals surface area (Å²) in [5.41, 5.74) is 11.5. The van der Waals surface area contributed by atoms with Crippen LogP contribution in [-0.4, -0.2) is 20.7 Å². The van der Waals surface area contributed by atoms with Crippen LogP contribution in [0.5, 0.6) is 0 Å². The quantitative estimate of drug-likeness (QED) is 0.484. The van der Waals surface area contributed by atoms with E-state index in [0.29, 0.717) is 11.5 Å². The summed E-state index contributed by atoms with van der Waals surface area (Å²) in [6.07, 6.45) is 5.56. The summed E-state index contributed by atoms with van der Waals surface area (Å²) in [5, 5.41) is 9.07. The Morgan fingerprint density at radius 3 is 2.71 bits per heavy atom. The van der Waals surface area contributed by atoms with Gasteiger partial charge in [-0.2, -0.15) is 5.10 Å². The second-order valence-electron chi connectivity index (χ2n) is 8.52. The van der Waals surface area contributed by atoms with E-state index in [1.807, 2.05) is 43.7 Å². The van der Waals surface area contributed by atoms with E-state index in [4.69, 9.17) is 5.73 Å². The number of aryl methyl sites for hydroxylation is 2. The predicted octanol–water partition coefficient (Wildman–Crippen LogP) is 4.51. The molecule has 0 saturated heterocycles. The molecule has 0 unspecified atom stereocenters. The normalized spacial score (nSPS) is 20.0. The minimum atomic E-state index is -0.0648. The van der Waals surface area contributed by atoms with Crippen LogP contribution in [0, 0.1) is 18.8 Å². The highest BCUT2D eigenvalue weighted by molar-refractivity contribution is 6.00. The maximum absolute atomic E-state index is 12.9. The standard InChI is InChI=1S/C25H25N5O/c1-14-6-4-5-7-19(14)16-8-17-10-22(27-12-20(17)21(26)9-16)29-25(31)24-15(2)23(24)18-11-28-30(3)13-18/h4-13,15,23-24H,26H2,1-3H3,(H,27,29,31)/t15-,23+,24-/m0/s1. The highest BCUT2D eigenvalue weighted by atomic mass is 16.2. The zero-order chi connectivity index (χ0) is 21.7. The molecule has 1 aliphatic carbocycles. The van der Waals surface area contributed by atoms with Gasteiger partial charge >= 0.3 is 0 Å². The summed E-state index contributed by atoms with van der Waals surface area (Å²) in [6.45, 7) is 4.19. The fourth-order valence-electron chi connectivity index (χ4n) is 4.60. The van der Waals surface area contributed by atoms with Crippen LogP contribution < -0.4 is 11.1 Å². The number of nitrogens with zero attached hydrogens (tertiary/aromatic N) is 3. The van der Waals surface area contributed by atoms with Crippen LogP contribution in [0.4, 0.5) is 11.5 Å². The summed E-state index contributed by atoms with van der Waals surface area (Å²) >= 11 is 0. The second-order valence-corrected chi connectivity index (χ2v) is 8.52. The lowest BCUT2D eigenvalue weighted by Gasteiger charge is -2.11. The minimum Gasteiger partial charge on any atom is -0.398 e. The van der Waals surface area contributed by atoms with Crippen LogP contribution in [0.1, 0.15) is 24.0 Å². The molecule has 1 amide bonds. The molecule has 31 heavy (non-hydrogen) atoms. The molecule has 1 aliphatic rings. The number of aromatic nitrogens is 3. The average Bonchev–Trinajstić information content (AvgIpc) is 3.22. The Hall–Kier alpha value is -3.67. The van der Waals surface area contributed by atoms with E-state index in [9.17, 15) is 4.79 Å². The van der Waals surface area contributed by atoms with E-state index in [0.717, 1.165) is 27.5 Å². The Balaban J connectivity index is 1.42. The molecule has 6 nitrogen and oxygen atoms in total. The van der Waals surface area contributed by atoms with Gasteiger partial charge < -0.3 is 11.1 Å². The van der Waals surface area contributed by atoms with Crippen LogP contribution in [0.3, 0.4) is 0 Å². The van der Waals surface area contributed by atoms with Crippen LogP contribution in [-0.2, 0) is 11.8 Å². The Kier molecular flexibility index (Phi) is 4.50. The van der Waals surface area contributed by atoms with Crippen molar-refractivity contribution in [3.8, 4) is 11.1 Å². The maximum atomic E-state index is 12.9. The highest BCUT2D eigenvalue weighted by Gasteiger charge is 2.52. The topological polar surface area (TPSA) is 85.8 Å². The third kappa shape index (κ3) is 3.44. The number of amides is 1. The van der Waals surface area contributed by atoms with Crippen molar-refractivity contribution in [1.82, 2.24) is 14.8 Å². The number of hydrogen-bond donors (Lipinski definition) is 2. The van der Waals surface area contributed by atoms with Crippen molar-refractivity contribution in [2.24, 2.45) is 18.9 Å². The van der Waals surface area contributed by atoms with Gasteiger partial charge in [0.15, 0.2) is 0 Å². The number of nitrogen functional groups attached to an aromatic ring is 1. The molecule has 4 aromatic rings. The zero-order valence-electron chi connectivity index (χ0n) is 17.8. The molecule has 0 radical (unpaired) electrons. The van der Waals surface area contributed by atoms with E-state index < -0.39 is 0 Å². The van der Waals surface area contributed by atoms with Crippen molar-refractivity contribution in [3.05, 3.63) is 72.2 Å². The number of rotatable bonds is 4. The highest BCUT2D eigenvalue weighted by Crippen LogP contribution is 2.54. The number of benzene rings is 2. The Bertz CT molecular complexity index is 1310. The number of carbonyl (C=O) groups is 1. The first-order valence-electron chi connectivity index (χ1n) is 10.5. The van der Waals surface area contributed by atoms with Gasteiger partial charge in [-0.15, -0.1) is 0 Å². The van der Waals surface area contributed by atoms with Crippen molar-refractivity contribution < 1.29 is 4.79 Å². The lowest BCUT2D eigenvalue weighted by atomic mass is 9.97. The number of anilines is 2. The number of pyridine rings is 1. The smallest absolute Gasteiger partial charge is 0.229 e. The lowest BCUT2D eigenvalue weighted by molar-refractivity contribution is -0.117. The molecule has 2 heterocycles. The van der Waals surface area contributed by atoms with Crippen molar-refractivity contribution in [2.45, 2.75) is 19.8 Å². The first kappa shape index (κ1) is 19.3. The first-order chi connectivity index (χ1) is 14.9. The van der Waals surface area contributed by atoms with E-state index in [2.05, 4.69) is 47.4 Å². The molecule has 0 bridgehead atoms. The number of nitrogens with one attached hydrogen (secondary N) is 1. The number of nitrogens with two attached hydrogens (primary N) is 1.